The van der Waals surface area contributed by atoms with Crippen molar-refractivity contribution in [3.63, 3.8) is 0 Å². The van der Waals surface area contributed by atoms with Gasteiger partial charge in [-0.25, -0.2) is 4.99 Å². The Labute approximate surface area is 145 Å². The summed E-state index contributed by atoms with van der Waals surface area (Å²) in [4.78, 5) is 8.16. The number of aliphatic imine (C=N–C) groups is 1. The molecule has 22 heavy (non-hydrogen) atoms. The zero-order chi connectivity index (χ0) is 15.2. The first-order valence-electron chi connectivity index (χ1n) is 6.20. The maximum Gasteiger partial charge on any atom is 0.223 e. The highest BCUT2D eigenvalue weighted by atomic mass is 127. The molecule has 0 aliphatic heterocycles. The lowest BCUT2D eigenvalue weighted by atomic mass is 10.3. The molecule has 1 aromatic carbocycles. The molecule has 0 unspecified atom stereocenters. The van der Waals surface area contributed by atoms with Crippen molar-refractivity contribution in [2.45, 2.75) is 13.5 Å². The topological polar surface area (TPSA) is 108 Å². The van der Waals surface area contributed by atoms with Gasteiger partial charge in [0.25, 0.3) is 0 Å². The first-order valence-corrected chi connectivity index (χ1v) is 6.20. The average molecular weight is 419 g/mol. The number of ether oxygens (including phenoxy) is 2. The van der Waals surface area contributed by atoms with E-state index in [9.17, 15) is 0 Å². The Morgan fingerprint density at radius 2 is 2.05 bits per heavy atom. The van der Waals surface area contributed by atoms with Crippen molar-refractivity contribution in [1.82, 2.24) is 10.1 Å². The van der Waals surface area contributed by atoms with Gasteiger partial charge in [-0.1, -0.05) is 5.16 Å². The van der Waals surface area contributed by atoms with Crippen molar-refractivity contribution in [2.75, 3.05) is 19.5 Å². The number of nitrogens with one attached hydrogen (secondary N) is 1. The van der Waals surface area contributed by atoms with Gasteiger partial charge in [-0.3, -0.25) is 0 Å². The Kier molecular flexibility index (Phi) is 6.89. The van der Waals surface area contributed by atoms with Gasteiger partial charge in [-0.2, -0.15) is 4.98 Å². The van der Waals surface area contributed by atoms with Gasteiger partial charge < -0.3 is 25.0 Å². The van der Waals surface area contributed by atoms with Gasteiger partial charge in [0.15, 0.2) is 23.3 Å². The van der Waals surface area contributed by atoms with Crippen LogP contribution in [0.2, 0.25) is 0 Å². The molecule has 8 nitrogen and oxygen atoms in total. The molecule has 0 bridgehead atoms. The number of guanidine groups is 1. The van der Waals surface area contributed by atoms with Gasteiger partial charge >= 0.3 is 0 Å². The van der Waals surface area contributed by atoms with Crippen LogP contribution < -0.4 is 20.5 Å². The third kappa shape index (κ3) is 4.76. The SMILES string of the molecule is COc1ccc(NC(N)=NCc2noc(C)n2)cc1OC.I. The highest BCUT2D eigenvalue weighted by molar-refractivity contribution is 14.0. The molecule has 1 heterocycles. The molecule has 0 atom stereocenters. The molecule has 0 aliphatic rings. The largest absolute Gasteiger partial charge is 0.493 e. The second kappa shape index (κ2) is 8.41. The summed E-state index contributed by atoms with van der Waals surface area (Å²) in [5, 5.41) is 6.68. The Balaban J connectivity index is 0.00000242. The molecular weight excluding hydrogens is 401 g/mol. The number of aromatic nitrogens is 2. The third-order valence-electron chi connectivity index (χ3n) is 2.62. The number of nitrogens with two attached hydrogens (primary N) is 1. The summed E-state index contributed by atoms with van der Waals surface area (Å²) in [7, 11) is 3.14. The number of anilines is 1. The maximum atomic E-state index is 5.80. The predicted molar refractivity (Wildman–Crippen MR) is 92.9 cm³/mol. The predicted octanol–water partition coefficient (Wildman–Crippen LogP) is 1.94. The molecule has 0 aliphatic carbocycles. The van der Waals surface area contributed by atoms with Crippen molar-refractivity contribution < 1.29 is 14.0 Å². The smallest absolute Gasteiger partial charge is 0.223 e. The van der Waals surface area contributed by atoms with Gasteiger partial charge in [-0.05, 0) is 12.1 Å². The Morgan fingerprint density at radius 1 is 1.32 bits per heavy atom. The number of methoxy groups -OCH3 is 2. The molecule has 9 heteroatoms. The molecule has 0 fully saturated rings. The van der Waals surface area contributed by atoms with Crippen molar-refractivity contribution in [3.8, 4) is 11.5 Å². The third-order valence-corrected chi connectivity index (χ3v) is 2.62. The number of hydrogen-bond acceptors (Lipinski definition) is 6. The van der Waals surface area contributed by atoms with Crippen molar-refractivity contribution >= 4 is 35.6 Å². The summed E-state index contributed by atoms with van der Waals surface area (Å²) in [6, 6.07) is 5.35. The minimum absolute atomic E-state index is 0. The number of halogens is 1. The van der Waals surface area contributed by atoms with Crippen LogP contribution in [0.15, 0.2) is 27.7 Å². The minimum atomic E-state index is 0. The van der Waals surface area contributed by atoms with Crippen molar-refractivity contribution in [1.29, 1.82) is 0 Å². The van der Waals surface area contributed by atoms with Crippen LogP contribution >= 0.6 is 24.0 Å². The van der Waals surface area contributed by atoms with Gasteiger partial charge in [0.1, 0.15) is 6.54 Å². The monoisotopic (exact) mass is 419 g/mol. The van der Waals surface area contributed by atoms with Crippen molar-refractivity contribution in [2.24, 2.45) is 10.7 Å². The van der Waals surface area contributed by atoms with E-state index in [-0.39, 0.29) is 36.5 Å². The number of hydrogen-bond donors (Lipinski definition) is 2. The Bertz CT molecular complexity index is 644. The highest BCUT2D eigenvalue weighted by Crippen LogP contribution is 2.29. The molecule has 0 radical (unpaired) electrons. The summed E-state index contributed by atoms with van der Waals surface area (Å²) >= 11 is 0. The standard InChI is InChI=1S/C13H17N5O3.HI/c1-8-16-12(18-21-8)7-15-13(14)17-9-4-5-10(19-2)11(6-9)20-3;/h4-6H,7H2,1-3H3,(H3,14,15,17);1H. The van der Waals surface area contributed by atoms with Crippen LogP contribution in [0.1, 0.15) is 11.7 Å². The molecule has 0 spiro atoms. The summed E-state index contributed by atoms with van der Waals surface area (Å²) in [6.07, 6.45) is 0. The number of aryl methyl sites for hydroxylation is 1. The molecular formula is C13H18IN5O3. The minimum Gasteiger partial charge on any atom is -0.493 e. The number of nitrogens with zero attached hydrogens (tertiary/aromatic N) is 3. The maximum absolute atomic E-state index is 5.80. The van der Waals surface area contributed by atoms with Crippen LogP contribution in [0.5, 0.6) is 11.5 Å². The lowest BCUT2D eigenvalue weighted by molar-refractivity contribution is 0.355. The molecule has 0 saturated carbocycles. The normalized spacial score (nSPS) is 10.8. The molecule has 1 aromatic heterocycles. The molecule has 0 saturated heterocycles. The van der Waals surface area contributed by atoms with E-state index in [1.165, 1.54) is 0 Å². The molecule has 120 valence electrons. The summed E-state index contributed by atoms with van der Waals surface area (Å²) in [5.41, 5.74) is 6.54. The highest BCUT2D eigenvalue weighted by Gasteiger charge is 2.05. The second-order valence-corrected chi connectivity index (χ2v) is 4.13. The van der Waals surface area contributed by atoms with Crippen LogP contribution in [0.25, 0.3) is 0 Å². The van der Waals surface area contributed by atoms with Gasteiger partial charge in [0, 0.05) is 18.7 Å². The lowest BCUT2D eigenvalue weighted by Gasteiger charge is -2.10. The van der Waals surface area contributed by atoms with E-state index in [1.54, 1.807) is 33.3 Å². The first-order chi connectivity index (χ1) is 10.1. The van der Waals surface area contributed by atoms with E-state index in [0.717, 1.165) is 5.69 Å². The lowest BCUT2D eigenvalue weighted by Crippen LogP contribution is -2.22. The van der Waals surface area contributed by atoms with Crippen molar-refractivity contribution in [3.05, 3.63) is 29.9 Å². The van der Waals surface area contributed by atoms with E-state index in [1.807, 2.05) is 6.07 Å². The molecule has 3 N–H and O–H groups in total. The fraction of sp³-hybridized carbons (Fsp3) is 0.308. The van der Waals surface area contributed by atoms with E-state index in [4.69, 9.17) is 19.7 Å². The second-order valence-electron chi connectivity index (χ2n) is 4.13. The van der Waals surface area contributed by atoms with Crippen LogP contribution in [0.3, 0.4) is 0 Å². The van der Waals surface area contributed by atoms with E-state index >= 15 is 0 Å². The quantitative estimate of drug-likeness (QED) is 0.433. The van der Waals surface area contributed by atoms with Crippen LogP contribution in [-0.4, -0.2) is 30.3 Å². The van der Waals surface area contributed by atoms with Crippen LogP contribution in [0, 0.1) is 6.92 Å². The summed E-state index contributed by atoms with van der Waals surface area (Å²) in [6.45, 7) is 1.95. The Hall–Kier alpha value is -2.04. The summed E-state index contributed by atoms with van der Waals surface area (Å²) in [5.74, 6) is 2.45. The zero-order valence-electron chi connectivity index (χ0n) is 12.5. The van der Waals surface area contributed by atoms with E-state index in [0.29, 0.717) is 23.2 Å². The van der Waals surface area contributed by atoms with Crippen LogP contribution in [-0.2, 0) is 6.54 Å². The average Bonchev–Trinajstić information content (AvgIpc) is 2.90. The van der Waals surface area contributed by atoms with E-state index < -0.39 is 0 Å². The van der Waals surface area contributed by atoms with E-state index in [2.05, 4.69) is 20.4 Å². The Morgan fingerprint density at radius 3 is 2.64 bits per heavy atom. The van der Waals surface area contributed by atoms with Gasteiger partial charge in [0.2, 0.25) is 5.89 Å². The van der Waals surface area contributed by atoms with Crippen LogP contribution in [0.4, 0.5) is 5.69 Å². The molecule has 0 amide bonds. The number of rotatable bonds is 5. The molecule has 2 aromatic rings. The van der Waals surface area contributed by atoms with Gasteiger partial charge in [0.05, 0.1) is 14.2 Å². The number of benzene rings is 1. The fourth-order valence-corrected chi connectivity index (χ4v) is 1.66. The fourth-order valence-electron chi connectivity index (χ4n) is 1.66. The van der Waals surface area contributed by atoms with Gasteiger partial charge in [-0.15, -0.1) is 24.0 Å². The first kappa shape index (κ1) is 18.0. The molecule has 2 rings (SSSR count). The zero-order valence-corrected chi connectivity index (χ0v) is 14.8. The summed E-state index contributed by atoms with van der Waals surface area (Å²) < 4.78 is 15.2.